The van der Waals surface area contributed by atoms with Gasteiger partial charge in [-0.25, -0.2) is 0 Å². The van der Waals surface area contributed by atoms with E-state index in [1.807, 2.05) is 74.1 Å². The van der Waals surface area contributed by atoms with Gasteiger partial charge in [-0.3, -0.25) is 14.3 Å². The quantitative estimate of drug-likeness (QED) is 0.342. The Morgan fingerprint density at radius 1 is 1.07 bits per heavy atom. The molecule has 0 bridgehead atoms. The Hall–Kier alpha value is -2.15. The van der Waals surface area contributed by atoms with Gasteiger partial charge in [-0.1, -0.05) is 54.6 Å². The first-order chi connectivity index (χ1) is 14.3. The van der Waals surface area contributed by atoms with Gasteiger partial charge in [0, 0.05) is 16.3 Å². The van der Waals surface area contributed by atoms with E-state index in [0.29, 0.717) is 15.7 Å². The van der Waals surface area contributed by atoms with Crippen molar-refractivity contribution in [1.82, 2.24) is 19.7 Å². The molecule has 158 valence electrons. The Morgan fingerprint density at radius 3 is 2.27 bits per heavy atom. The third kappa shape index (κ3) is 4.94. The number of aromatic nitrogens is 3. The summed E-state index contributed by atoms with van der Waals surface area (Å²) in [4.78, 5) is 15.1. The van der Waals surface area contributed by atoms with Crippen LogP contribution in [-0.4, -0.2) is 44.8 Å². The molecule has 3 aromatic rings. The van der Waals surface area contributed by atoms with E-state index in [1.165, 1.54) is 17.3 Å². The lowest BCUT2D eigenvalue weighted by molar-refractivity contribution is 0.0994. The van der Waals surface area contributed by atoms with E-state index < -0.39 is 0 Å². The van der Waals surface area contributed by atoms with Crippen molar-refractivity contribution in [2.24, 2.45) is 0 Å². The number of benzene rings is 2. The molecule has 1 aromatic heterocycles. The first-order valence-corrected chi connectivity index (χ1v) is 11.2. The van der Waals surface area contributed by atoms with Gasteiger partial charge < -0.3 is 0 Å². The number of hydrogen-bond donors (Lipinski definition) is 0. The highest BCUT2D eigenvalue weighted by atomic mass is 35.5. The van der Waals surface area contributed by atoms with Gasteiger partial charge in [0.15, 0.2) is 16.8 Å². The van der Waals surface area contributed by atoms with Crippen molar-refractivity contribution in [1.29, 1.82) is 0 Å². The van der Waals surface area contributed by atoms with E-state index in [2.05, 4.69) is 28.9 Å². The van der Waals surface area contributed by atoms with Crippen LogP contribution in [0.1, 0.15) is 48.6 Å². The van der Waals surface area contributed by atoms with Crippen LogP contribution in [0.2, 0.25) is 5.02 Å². The lowest BCUT2D eigenvalue weighted by Gasteiger charge is -2.21. The van der Waals surface area contributed by atoms with Crippen molar-refractivity contribution in [3.63, 3.8) is 0 Å². The number of rotatable bonds is 8. The van der Waals surface area contributed by atoms with Crippen LogP contribution in [0.15, 0.2) is 53.7 Å². The molecule has 0 amide bonds. The second-order valence-corrected chi connectivity index (χ2v) is 9.21. The highest BCUT2D eigenvalue weighted by molar-refractivity contribution is 8.00. The number of carbonyl (C=O) groups excluding carboxylic acids is 1. The highest BCUT2D eigenvalue weighted by Gasteiger charge is 2.25. The average molecular weight is 443 g/mol. The zero-order valence-electron chi connectivity index (χ0n) is 18.0. The summed E-state index contributed by atoms with van der Waals surface area (Å²) >= 11 is 7.50. The Bertz CT molecular complexity index is 999. The molecular formula is C23H27ClN4OS. The van der Waals surface area contributed by atoms with Crippen LogP contribution < -0.4 is 0 Å². The summed E-state index contributed by atoms with van der Waals surface area (Å²) in [6.45, 7) is 6.09. The predicted molar refractivity (Wildman–Crippen MR) is 124 cm³/mol. The van der Waals surface area contributed by atoms with Gasteiger partial charge in [-0.15, -0.1) is 10.2 Å². The van der Waals surface area contributed by atoms with Gasteiger partial charge in [-0.05, 0) is 64.2 Å². The first kappa shape index (κ1) is 22.5. The standard InChI is InChI=1S/C23H27ClN4OS/c1-6-17-7-9-18(10-8-17)21(29)16(3)30-23-26-25-22(15(2)27(4)5)28(23)20-13-11-19(24)12-14-20/h7-16H,6H2,1-5H3. The normalized spacial score (nSPS) is 13.4. The minimum Gasteiger partial charge on any atom is -0.300 e. The SMILES string of the molecule is CCc1ccc(C(=O)C(C)Sc2nnc(C(C)N(C)C)n2-c2ccc(Cl)cc2)cc1. The number of halogens is 1. The van der Waals surface area contributed by atoms with Gasteiger partial charge in [0.2, 0.25) is 0 Å². The molecule has 0 aliphatic carbocycles. The van der Waals surface area contributed by atoms with Crippen molar-refractivity contribution in [2.45, 2.75) is 43.6 Å². The van der Waals surface area contributed by atoms with Crippen LogP contribution in [-0.2, 0) is 6.42 Å². The molecule has 5 nitrogen and oxygen atoms in total. The smallest absolute Gasteiger partial charge is 0.196 e. The van der Waals surface area contributed by atoms with E-state index in [0.717, 1.165) is 17.9 Å². The van der Waals surface area contributed by atoms with Crippen molar-refractivity contribution < 1.29 is 4.79 Å². The topological polar surface area (TPSA) is 51.0 Å². The Labute approximate surface area is 187 Å². The summed E-state index contributed by atoms with van der Waals surface area (Å²) in [5.41, 5.74) is 2.85. The summed E-state index contributed by atoms with van der Waals surface area (Å²) in [6.07, 6.45) is 0.954. The van der Waals surface area contributed by atoms with Gasteiger partial charge in [0.05, 0.1) is 11.3 Å². The number of Topliss-reactive ketones (excluding diaryl/α,β-unsaturated/α-hetero) is 1. The zero-order valence-corrected chi connectivity index (χ0v) is 19.5. The molecule has 0 saturated heterocycles. The molecule has 1 heterocycles. The van der Waals surface area contributed by atoms with Crippen LogP contribution in [0.4, 0.5) is 0 Å². The van der Waals surface area contributed by atoms with Gasteiger partial charge >= 0.3 is 0 Å². The van der Waals surface area contributed by atoms with Crippen LogP contribution in [0.5, 0.6) is 0 Å². The molecule has 0 fully saturated rings. The molecule has 3 rings (SSSR count). The first-order valence-electron chi connectivity index (χ1n) is 9.99. The van der Waals surface area contributed by atoms with Crippen LogP contribution >= 0.6 is 23.4 Å². The van der Waals surface area contributed by atoms with Crippen LogP contribution in [0.3, 0.4) is 0 Å². The molecule has 0 aliphatic rings. The fourth-order valence-corrected chi connectivity index (χ4v) is 4.12. The van der Waals surface area contributed by atoms with E-state index in [9.17, 15) is 4.79 Å². The zero-order chi connectivity index (χ0) is 21.8. The fourth-order valence-electron chi connectivity index (χ4n) is 3.04. The monoisotopic (exact) mass is 442 g/mol. The fraction of sp³-hybridized carbons (Fsp3) is 0.348. The summed E-state index contributed by atoms with van der Waals surface area (Å²) in [5, 5.41) is 9.94. The largest absolute Gasteiger partial charge is 0.300 e. The second kappa shape index (κ2) is 9.77. The third-order valence-corrected chi connectivity index (χ3v) is 6.48. The van der Waals surface area contributed by atoms with Crippen molar-refractivity contribution in [3.8, 4) is 5.69 Å². The van der Waals surface area contributed by atoms with E-state index in [-0.39, 0.29) is 17.1 Å². The van der Waals surface area contributed by atoms with Crippen molar-refractivity contribution >= 4 is 29.1 Å². The molecule has 0 saturated carbocycles. The third-order valence-electron chi connectivity index (χ3n) is 5.19. The number of carbonyl (C=O) groups is 1. The Balaban J connectivity index is 1.92. The van der Waals surface area contributed by atoms with E-state index in [1.54, 1.807) is 0 Å². The van der Waals surface area contributed by atoms with Crippen molar-refractivity contribution in [3.05, 3.63) is 70.5 Å². The number of aryl methyl sites for hydroxylation is 1. The second-order valence-electron chi connectivity index (χ2n) is 7.47. The molecule has 2 atom stereocenters. The van der Waals surface area contributed by atoms with Gasteiger partial charge in [-0.2, -0.15) is 0 Å². The van der Waals surface area contributed by atoms with Gasteiger partial charge in [0.25, 0.3) is 0 Å². The summed E-state index contributed by atoms with van der Waals surface area (Å²) in [5.74, 6) is 0.896. The maximum atomic E-state index is 13.0. The molecule has 0 radical (unpaired) electrons. The van der Waals surface area contributed by atoms with E-state index in [4.69, 9.17) is 11.6 Å². The van der Waals surface area contributed by atoms with Gasteiger partial charge in [0.1, 0.15) is 0 Å². The predicted octanol–water partition coefficient (Wildman–Crippen LogP) is 5.47. The molecule has 2 aromatic carbocycles. The maximum Gasteiger partial charge on any atom is 0.196 e. The van der Waals surface area contributed by atoms with Crippen LogP contribution in [0.25, 0.3) is 5.69 Å². The number of ketones is 1. The highest BCUT2D eigenvalue weighted by Crippen LogP contribution is 2.31. The average Bonchev–Trinajstić information content (AvgIpc) is 3.16. The molecule has 0 N–H and O–H groups in total. The molecule has 0 aliphatic heterocycles. The number of thioether (sulfide) groups is 1. The minimum absolute atomic E-state index is 0.0510. The van der Waals surface area contributed by atoms with E-state index >= 15 is 0 Å². The molecule has 30 heavy (non-hydrogen) atoms. The summed E-state index contributed by atoms with van der Waals surface area (Å²) < 4.78 is 2.01. The molecular weight excluding hydrogens is 416 g/mol. The lowest BCUT2D eigenvalue weighted by Crippen LogP contribution is -2.21. The number of nitrogens with zero attached hydrogens (tertiary/aromatic N) is 4. The lowest BCUT2D eigenvalue weighted by atomic mass is 10.1. The summed E-state index contributed by atoms with van der Waals surface area (Å²) in [6, 6.07) is 15.5. The van der Waals surface area contributed by atoms with Crippen LogP contribution in [0, 0.1) is 0 Å². The van der Waals surface area contributed by atoms with Crippen molar-refractivity contribution in [2.75, 3.05) is 14.1 Å². The molecule has 7 heteroatoms. The number of hydrogen-bond acceptors (Lipinski definition) is 5. The minimum atomic E-state index is -0.296. The Kier molecular flexibility index (Phi) is 7.34. The Morgan fingerprint density at radius 2 is 1.70 bits per heavy atom. The molecule has 0 spiro atoms. The molecule has 2 unspecified atom stereocenters. The maximum absolute atomic E-state index is 13.0. The summed E-state index contributed by atoms with van der Waals surface area (Å²) in [7, 11) is 4.01.